The van der Waals surface area contributed by atoms with Crippen molar-refractivity contribution < 1.29 is 4.57 Å². The van der Waals surface area contributed by atoms with E-state index in [1.54, 1.807) is 0 Å². The topological polar surface area (TPSA) is 19.7 Å². The predicted molar refractivity (Wildman–Crippen MR) is 242 cm³/mol. The molecule has 1 aromatic heterocycles. The summed E-state index contributed by atoms with van der Waals surface area (Å²) in [5.74, 6) is 1.88. The minimum Gasteiger partial charge on any atom is -0.247 e. The van der Waals surface area contributed by atoms with Gasteiger partial charge >= 0.3 is 0 Å². The van der Waals surface area contributed by atoms with Crippen LogP contribution in [0.15, 0.2) is 73.1 Å². The monoisotopic (exact) mass is 754 g/mol. The summed E-state index contributed by atoms with van der Waals surface area (Å²) in [4.78, 5) is 3.83. The van der Waals surface area contributed by atoms with Crippen molar-refractivity contribution in [1.29, 1.82) is 0 Å². The molecule has 0 saturated heterocycles. The second-order valence-corrected chi connectivity index (χ2v) is 17.7. The molecule has 310 valence electrons. The average Bonchev–Trinajstić information content (AvgIpc) is 3.67. The van der Waals surface area contributed by atoms with Crippen molar-refractivity contribution in [2.24, 2.45) is 0 Å². The molecule has 0 bridgehead atoms. The Bertz CT molecular complexity index is 1250. The highest BCUT2D eigenvalue weighted by Crippen LogP contribution is 2.43. The normalized spacial score (nSPS) is 13.3. The quantitative estimate of drug-likeness (QED) is 0.0447. The van der Waals surface area contributed by atoms with Crippen molar-refractivity contribution in [1.82, 2.24) is 4.98 Å². The zero-order valence-electron chi connectivity index (χ0n) is 36.8. The number of unbranched alkanes of at least 4 members (excludes halogenated alkanes) is 28. The first-order valence-corrected chi connectivity index (χ1v) is 24.3. The molecule has 2 unspecified atom stereocenters. The molecule has 3 rings (SSSR count). The zero-order valence-corrected chi connectivity index (χ0v) is 36.8. The third-order valence-electron chi connectivity index (χ3n) is 12.8. The van der Waals surface area contributed by atoms with Gasteiger partial charge in [-0.25, -0.2) is 9.55 Å². The van der Waals surface area contributed by atoms with E-state index in [1.165, 1.54) is 216 Å². The fraction of sp³-hybridized carbons (Fsp3) is 0.717. The van der Waals surface area contributed by atoms with Crippen LogP contribution in [-0.4, -0.2) is 4.98 Å². The molecule has 2 heteroatoms. The maximum absolute atomic E-state index is 3.83. The number of nitrogens with zero attached hydrogens (tertiary/aromatic N) is 1. The summed E-state index contributed by atoms with van der Waals surface area (Å²) in [6.07, 6.45) is 49.3. The summed E-state index contributed by atoms with van der Waals surface area (Å²) in [5, 5.41) is 0. The molecule has 2 aromatic carbocycles. The van der Waals surface area contributed by atoms with Gasteiger partial charge in [-0.3, -0.25) is 0 Å². The van der Waals surface area contributed by atoms with Gasteiger partial charge in [0.1, 0.15) is 12.4 Å². The van der Waals surface area contributed by atoms with Crippen molar-refractivity contribution >= 4 is 0 Å². The summed E-state index contributed by atoms with van der Waals surface area (Å²) in [7, 11) is 0. The van der Waals surface area contributed by atoms with Crippen LogP contribution in [0.25, 0.3) is 0 Å². The molecular formula is C53H89N2+. The molecule has 0 spiro atoms. The third-order valence-corrected chi connectivity index (χ3v) is 12.8. The minimum atomic E-state index is 0.000268. The fourth-order valence-electron chi connectivity index (χ4n) is 9.27. The van der Waals surface area contributed by atoms with Crippen molar-refractivity contribution in [2.75, 3.05) is 0 Å². The van der Waals surface area contributed by atoms with Gasteiger partial charge in [0.05, 0.1) is 12.5 Å². The average molecular weight is 754 g/mol. The molecule has 55 heavy (non-hydrogen) atoms. The van der Waals surface area contributed by atoms with Crippen LogP contribution in [0.3, 0.4) is 0 Å². The number of hydrogen-bond acceptors (Lipinski definition) is 0. The number of aromatic amines is 1. The standard InChI is InChI=1S/C53H88N2/c1-4-6-8-10-12-14-16-18-19-20-21-22-24-26-28-30-38-44-51(53(3,50-42-36-33-37-43-50)48-49-40-34-32-35-41-49)52-54-45-47-55(52)46-39-31-29-27-25-23-17-15-13-11-9-7-5-2/h32-37,40-43,45,47,51H,4-31,38-39,44,46,48H2,1-3H3/p+1. The van der Waals surface area contributed by atoms with E-state index in [4.69, 9.17) is 0 Å². The number of aromatic nitrogens is 2. The van der Waals surface area contributed by atoms with Crippen LogP contribution < -0.4 is 4.57 Å². The Labute approximate surface area is 342 Å². The van der Waals surface area contributed by atoms with E-state index in [1.807, 2.05) is 0 Å². The number of hydrogen-bond donors (Lipinski definition) is 1. The summed E-state index contributed by atoms with van der Waals surface area (Å²) in [6.45, 7) is 8.31. The predicted octanol–water partition coefficient (Wildman–Crippen LogP) is 16.7. The van der Waals surface area contributed by atoms with E-state index < -0.39 is 0 Å². The number of imidazole rings is 1. The molecule has 0 amide bonds. The van der Waals surface area contributed by atoms with Gasteiger partial charge in [0, 0.05) is 5.41 Å². The molecule has 0 aliphatic rings. The molecule has 1 heterocycles. The summed E-state index contributed by atoms with van der Waals surface area (Å²) in [5.41, 5.74) is 2.91. The van der Waals surface area contributed by atoms with Gasteiger partial charge in [-0.2, -0.15) is 0 Å². The van der Waals surface area contributed by atoms with Crippen LogP contribution in [0, 0.1) is 0 Å². The van der Waals surface area contributed by atoms with E-state index >= 15 is 0 Å². The van der Waals surface area contributed by atoms with E-state index in [-0.39, 0.29) is 5.41 Å². The van der Waals surface area contributed by atoms with Gasteiger partial charge < -0.3 is 0 Å². The van der Waals surface area contributed by atoms with Gasteiger partial charge in [-0.15, -0.1) is 0 Å². The third kappa shape index (κ3) is 20.6. The van der Waals surface area contributed by atoms with E-state index in [0.29, 0.717) is 5.92 Å². The lowest BCUT2D eigenvalue weighted by Gasteiger charge is -2.37. The number of H-pyrrole nitrogens is 1. The van der Waals surface area contributed by atoms with Crippen LogP contribution in [0.2, 0.25) is 0 Å². The van der Waals surface area contributed by atoms with Crippen molar-refractivity contribution in [3.05, 3.63) is 90.0 Å². The Kier molecular flexibility index (Phi) is 27.1. The maximum atomic E-state index is 3.83. The largest absolute Gasteiger partial charge is 0.258 e. The number of benzene rings is 2. The highest BCUT2D eigenvalue weighted by atomic mass is 15.1. The first kappa shape index (κ1) is 47.0. The van der Waals surface area contributed by atoms with E-state index in [0.717, 1.165) is 13.0 Å². The number of rotatable bonds is 37. The van der Waals surface area contributed by atoms with Gasteiger partial charge in [0.25, 0.3) is 5.82 Å². The Balaban J connectivity index is 1.47. The first-order valence-electron chi connectivity index (χ1n) is 24.3. The number of aryl methyl sites for hydroxylation is 1. The van der Waals surface area contributed by atoms with Crippen LogP contribution in [-0.2, 0) is 18.4 Å². The second-order valence-electron chi connectivity index (χ2n) is 17.7. The van der Waals surface area contributed by atoms with Crippen molar-refractivity contribution in [3.8, 4) is 0 Å². The Hall–Kier alpha value is -2.35. The Morgan fingerprint density at radius 3 is 1.29 bits per heavy atom. The van der Waals surface area contributed by atoms with Crippen LogP contribution >= 0.6 is 0 Å². The molecule has 0 aliphatic heterocycles. The van der Waals surface area contributed by atoms with E-state index in [9.17, 15) is 0 Å². The summed E-state index contributed by atoms with van der Waals surface area (Å²) in [6, 6.07) is 22.7. The lowest BCUT2D eigenvalue weighted by Crippen LogP contribution is -2.43. The zero-order chi connectivity index (χ0) is 38.9. The summed E-state index contributed by atoms with van der Waals surface area (Å²) < 4.78 is 2.60. The molecular weight excluding hydrogens is 665 g/mol. The van der Waals surface area contributed by atoms with Crippen LogP contribution in [0.4, 0.5) is 0 Å². The molecule has 0 radical (unpaired) electrons. The first-order chi connectivity index (χ1) is 27.2. The molecule has 0 aliphatic carbocycles. The lowest BCUT2D eigenvalue weighted by molar-refractivity contribution is -0.705. The molecule has 0 saturated carbocycles. The van der Waals surface area contributed by atoms with Crippen molar-refractivity contribution in [3.63, 3.8) is 0 Å². The fourth-order valence-corrected chi connectivity index (χ4v) is 9.27. The van der Waals surface area contributed by atoms with Gasteiger partial charge in [0.15, 0.2) is 0 Å². The maximum Gasteiger partial charge on any atom is 0.258 e. The SMILES string of the molecule is CCCCCCCCCCCCCCCCCCCC(c1[nH]cc[n+]1CCCCCCCCCCCCCCC)C(C)(Cc1ccccc1)c1ccccc1. The Morgan fingerprint density at radius 2 is 0.855 bits per heavy atom. The number of nitrogens with one attached hydrogen (secondary N) is 1. The second kappa shape index (κ2) is 31.7. The van der Waals surface area contributed by atoms with Gasteiger partial charge in [-0.05, 0) is 36.8 Å². The molecule has 1 N–H and O–H groups in total. The highest BCUT2D eigenvalue weighted by Gasteiger charge is 2.42. The molecule has 2 atom stereocenters. The summed E-state index contributed by atoms with van der Waals surface area (Å²) >= 11 is 0. The lowest BCUT2D eigenvalue weighted by atomic mass is 9.66. The van der Waals surface area contributed by atoms with Gasteiger partial charge in [-0.1, -0.05) is 261 Å². The highest BCUT2D eigenvalue weighted by molar-refractivity contribution is 5.32. The van der Waals surface area contributed by atoms with Crippen molar-refractivity contribution in [2.45, 2.75) is 244 Å². The molecule has 2 nitrogen and oxygen atoms in total. The Morgan fingerprint density at radius 1 is 0.473 bits per heavy atom. The smallest absolute Gasteiger partial charge is 0.247 e. The van der Waals surface area contributed by atoms with Gasteiger partial charge in [0.2, 0.25) is 0 Å². The van der Waals surface area contributed by atoms with Crippen LogP contribution in [0.1, 0.15) is 243 Å². The molecule has 0 fully saturated rings. The minimum absolute atomic E-state index is 0.000268. The molecule has 3 aromatic rings. The van der Waals surface area contributed by atoms with E-state index in [2.05, 4.69) is 103 Å². The van der Waals surface area contributed by atoms with Crippen LogP contribution in [0.5, 0.6) is 0 Å².